The van der Waals surface area contributed by atoms with Crippen LogP contribution in [-0.2, 0) is 20.1 Å². The molecule has 8 heteroatoms. The van der Waals surface area contributed by atoms with E-state index in [1.807, 2.05) is 36.1 Å². The first-order valence-corrected chi connectivity index (χ1v) is 8.69. The maximum absolute atomic E-state index is 12.5. The Kier molecular flexibility index (Phi) is 3.84. The molecule has 1 aromatic carbocycles. The Morgan fingerprint density at radius 3 is 3.04 bits per heavy atom. The summed E-state index contributed by atoms with van der Waals surface area (Å²) in [7, 11) is 1.83. The number of halogens is 1. The Morgan fingerprint density at radius 1 is 1.42 bits per heavy atom. The molecule has 2 aromatic heterocycles. The molecule has 1 N–H and O–H groups in total. The van der Waals surface area contributed by atoms with E-state index < -0.39 is 0 Å². The molecular weight excluding hydrogens is 372 g/mol. The summed E-state index contributed by atoms with van der Waals surface area (Å²) in [5.41, 5.74) is 2.09. The highest BCUT2D eigenvalue weighted by Crippen LogP contribution is 2.30. The van der Waals surface area contributed by atoms with Gasteiger partial charge in [0.15, 0.2) is 5.69 Å². The van der Waals surface area contributed by atoms with Crippen molar-refractivity contribution >= 4 is 32.7 Å². The SMILES string of the molecule is Cn1nc(C(=O)NCc2cn(CC3CC3)nn2)c2cc(Br)ccc21. The van der Waals surface area contributed by atoms with Gasteiger partial charge < -0.3 is 5.32 Å². The number of carbonyl (C=O) groups is 1. The van der Waals surface area contributed by atoms with Crippen LogP contribution in [-0.4, -0.2) is 30.7 Å². The van der Waals surface area contributed by atoms with Crippen LogP contribution in [0.4, 0.5) is 0 Å². The van der Waals surface area contributed by atoms with Gasteiger partial charge >= 0.3 is 0 Å². The second-order valence-corrected chi connectivity index (χ2v) is 7.11. The van der Waals surface area contributed by atoms with Gasteiger partial charge in [0, 0.05) is 23.5 Å². The summed E-state index contributed by atoms with van der Waals surface area (Å²) in [5, 5.41) is 16.2. The van der Waals surface area contributed by atoms with Crippen LogP contribution in [0.15, 0.2) is 28.9 Å². The molecule has 0 spiro atoms. The van der Waals surface area contributed by atoms with Crippen LogP contribution in [0.3, 0.4) is 0 Å². The first-order valence-electron chi connectivity index (χ1n) is 7.89. The molecule has 124 valence electrons. The lowest BCUT2D eigenvalue weighted by Crippen LogP contribution is -2.23. The molecule has 0 aliphatic heterocycles. The van der Waals surface area contributed by atoms with E-state index >= 15 is 0 Å². The van der Waals surface area contributed by atoms with E-state index in [1.165, 1.54) is 12.8 Å². The fraction of sp³-hybridized carbons (Fsp3) is 0.375. The minimum Gasteiger partial charge on any atom is -0.345 e. The van der Waals surface area contributed by atoms with Crippen LogP contribution in [0.25, 0.3) is 10.9 Å². The number of fused-ring (bicyclic) bond motifs is 1. The topological polar surface area (TPSA) is 77.6 Å². The number of benzene rings is 1. The summed E-state index contributed by atoms with van der Waals surface area (Å²) in [5.74, 6) is 0.530. The number of hydrogen-bond donors (Lipinski definition) is 1. The first kappa shape index (κ1) is 15.3. The number of nitrogens with one attached hydrogen (secondary N) is 1. The Hall–Kier alpha value is -2.22. The van der Waals surface area contributed by atoms with Gasteiger partial charge in [0.1, 0.15) is 5.69 Å². The molecular formula is C16H17BrN6O. The van der Waals surface area contributed by atoms with Crippen LogP contribution in [0.5, 0.6) is 0 Å². The standard InChI is InChI=1S/C16H17BrN6O/c1-22-14-5-4-11(17)6-13(14)15(20-22)16(24)18-7-12-9-23(21-19-12)8-10-2-3-10/h4-6,9-10H,2-3,7-8H2,1H3,(H,18,24). The minimum absolute atomic E-state index is 0.213. The maximum Gasteiger partial charge on any atom is 0.272 e. The average molecular weight is 389 g/mol. The largest absolute Gasteiger partial charge is 0.345 e. The lowest BCUT2D eigenvalue weighted by atomic mass is 10.2. The van der Waals surface area contributed by atoms with E-state index in [-0.39, 0.29) is 5.91 Å². The van der Waals surface area contributed by atoms with Crippen molar-refractivity contribution in [2.75, 3.05) is 0 Å². The van der Waals surface area contributed by atoms with Gasteiger partial charge in [0.2, 0.25) is 0 Å². The Labute approximate surface area is 147 Å². The van der Waals surface area contributed by atoms with E-state index in [4.69, 9.17) is 0 Å². The van der Waals surface area contributed by atoms with E-state index in [9.17, 15) is 4.79 Å². The first-order chi connectivity index (χ1) is 11.6. The zero-order chi connectivity index (χ0) is 16.7. The molecule has 1 saturated carbocycles. The number of amides is 1. The van der Waals surface area contributed by atoms with Crippen molar-refractivity contribution in [3.8, 4) is 0 Å². The summed E-state index contributed by atoms with van der Waals surface area (Å²) < 4.78 is 4.48. The van der Waals surface area contributed by atoms with Gasteiger partial charge in [-0.3, -0.25) is 14.2 Å². The van der Waals surface area contributed by atoms with Crippen molar-refractivity contribution in [1.82, 2.24) is 30.1 Å². The average Bonchev–Trinajstić information content (AvgIpc) is 3.16. The smallest absolute Gasteiger partial charge is 0.272 e. The molecule has 0 atom stereocenters. The number of rotatable bonds is 5. The monoisotopic (exact) mass is 388 g/mol. The van der Waals surface area contributed by atoms with Crippen molar-refractivity contribution in [3.05, 3.63) is 40.3 Å². The van der Waals surface area contributed by atoms with Gasteiger partial charge in [-0.15, -0.1) is 5.10 Å². The fourth-order valence-electron chi connectivity index (χ4n) is 2.73. The van der Waals surface area contributed by atoms with Gasteiger partial charge in [-0.2, -0.15) is 5.10 Å². The van der Waals surface area contributed by atoms with E-state index in [2.05, 4.69) is 36.7 Å². The number of carbonyl (C=O) groups excluding carboxylic acids is 1. The van der Waals surface area contributed by atoms with E-state index in [0.717, 1.165) is 33.5 Å². The number of hydrogen-bond acceptors (Lipinski definition) is 4. The number of nitrogens with zero attached hydrogens (tertiary/aromatic N) is 5. The zero-order valence-electron chi connectivity index (χ0n) is 13.2. The highest BCUT2D eigenvalue weighted by molar-refractivity contribution is 9.10. The molecule has 4 rings (SSSR count). The molecule has 24 heavy (non-hydrogen) atoms. The second-order valence-electron chi connectivity index (χ2n) is 6.19. The second kappa shape index (κ2) is 6.01. The van der Waals surface area contributed by atoms with Gasteiger partial charge in [-0.25, -0.2) is 0 Å². The highest BCUT2D eigenvalue weighted by Gasteiger charge is 2.22. The third kappa shape index (κ3) is 3.06. The molecule has 1 amide bonds. The lowest BCUT2D eigenvalue weighted by molar-refractivity contribution is 0.0946. The van der Waals surface area contributed by atoms with Gasteiger partial charge in [0.25, 0.3) is 5.91 Å². The number of aryl methyl sites for hydroxylation is 1. The minimum atomic E-state index is -0.213. The molecule has 1 fully saturated rings. The van der Waals surface area contributed by atoms with Gasteiger partial charge in [-0.05, 0) is 37.0 Å². The van der Waals surface area contributed by atoms with Crippen molar-refractivity contribution in [3.63, 3.8) is 0 Å². The fourth-order valence-corrected chi connectivity index (χ4v) is 3.09. The highest BCUT2D eigenvalue weighted by atomic mass is 79.9. The molecule has 1 aliphatic carbocycles. The molecule has 0 radical (unpaired) electrons. The predicted molar refractivity (Wildman–Crippen MR) is 92.3 cm³/mol. The van der Waals surface area contributed by atoms with E-state index in [0.29, 0.717) is 12.2 Å². The normalized spacial score (nSPS) is 14.2. The van der Waals surface area contributed by atoms with Crippen LogP contribution >= 0.6 is 15.9 Å². The van der Waals surface area contributed by atoms with Crippen molar-refractivity contribution in [2.24, 2.45) is 13.0 Å². The molecule has 7 nitrogen and oxygen atoms in total. The molecule has 0 bridgehead atoms. The molecule has 0 saturated heterocycles. The Bertz CT molecular complexity index is 911. The summed E-state index contributed by atoms with van der Waals surface area (Å²) in [6.07, 6.45) is 4.44. The summed E-state index contributed by atoms with van der Waals surface area (Å²) in [6.45, 7) is 1.26. The van der Waals surface area contributed by atoms with Crippen LogP contribution in [0, 0.1) is 5.92 Å². The van der Waals surface area contributed by atoms with Gasteiger partial charge in [-0.1, -0.05) is 21.1 Å². The zero-order valence-corrected chi connectivity index (χ0v) is 14.8. The molecule has 3 aromatic rings. The molecule has 1 aliphatic rings. The van der Waals surface area contributed by atoms with Crippen molar-refractivity contribution in [2.45, 2.75) is 25.9 Å². The van der Waals surface area contributed by atoms with Crippen LogP contribution in [0.2, 0.25) is 0 Å². The number of aromatic nitrogens is 5. The predicted octanol–water partition coefficient (Wildman–Crippen LogP) is 2.27. The Morgan fingerprint density at radius 2 is 2.25 bits per heavy atom. The summed E-state index contributed by atoms with van der Waals surface area (Å²) >= 11 is 3.44. The van der Waals surface area contributed by atoms with Gasteiger partial charge in [0.05, 0.1) is 18.3 Å². The summed E-state index contributed by atoms with van der Waals surface area (Å²) in [6, 6.07) is 5.78. The lowest BCUT2D eigenvalue weighted by Gasteiger charge is -2.00. The summed E-state index contributed by atoms with van der Waals surface area (Å²) in [4.78, 5) is 12.5. The van der Waals surface area contributed by atoms with E-state index in [1.54, 1.807) is 4.68 Å². The molecule has 2 heterocycles. The molecule has 0 unspecified atom stereocenters. The van der Waals surface area contributed by atoms with Crippen LogP contribution in [0.1, 0.15) is 29.0 Å². The third-order valence-electron chi connectivity index (χ3n) is 4.19. The van der Waals surface area contributed by atoms with Crippen molar-refractivity contribution in [1.29, 1.82) is 0 Å². The Balaban J connectivity index is 1.48. The maximum atomic E-state index is 12.5. The van der Waals surface area contributed by atoms with Crippen molar-refractivity contribution < 1.29 is 4.79 Å². The third-order valence-corrected chi connectivity index (χ3v) is 4.68. The quantitative estimate of drug-likeness (QED) is 0.726. The van der Waals surface area contributed by atoms with Crippen LogP contribution < -0.4 is 5.32 Å².